The third-order valence-corrected chi connectivity index (χ3v) is 4.26. The molecule has 1 aromatic carbocycles. The molecule has 5 N–H and O–H groups in total. The summed E-state index contributed by atoms with van der Waals surface area (Å²) in [6.45, 7) is 4.84. The molecule has 6 nitrogen and oxygen atoms in total. The summed E-state index contributed by atoms with van der Waals surface area (Å²) in [5.74, 6) is 1.34. The van der Waals surface area contributed by atoms with Crippen molar-refractivity contribution in [2.75, 3.05) is 36.0 Å². The molecular weight excluding hydrogens is 312 g/mol. The molecule has 0 bridgehead atoms. The van der Waals surface area contributed by atoms with E-state index >= 15 is 0 Å². The number of aromatic nitrogens is 2. The first-order valence-corrected chi connectivity index (χ1v) is 8.13. The molecule has 23 heavy (non-hydrogen) atoms. The number of anilines is 3. The minimum absolute atomic E-state index is 0.190. The lowest BCUT2D eigenvalue weighted by atomic mass is 10.1. The Morgan fingerprint density at radius 2 is 2.17 bits per heavy atom. The predicted octanol–water partition coefficient (Wildman–Crippen LogP) is 2.15. The van der Waals surface area contributed by atoms with Gasteiger partial charge in [-0.1, -0.05) is 30.7 Å². The molecule has 0 aliphatic carbocycles. The van der Waals surface area contributed by atoms with Crippen LogP contribution in [-0.2, 0) is 0 Å². The average molecular weight is 333 g/mol. The van der Waals surface area contributed by atoms with E-state index in [0.29, 0.717) is 16.9 Å². The first-order valence-electron chi connectivity index (χ1n) is 7.75. The van der Waals surface area contributed by atoms with E-state index in [1.807, 2.05) is 24.3 Å². The van der Waals surface area contributed by atoms with E-state index in [2.05, 4.69) is 27.1 Å². The van der Waals surface area contributed by atoms with Gasteiger partial charge in [-0.2, -0.15) is 9.97 Å². The fourth-order valence-corrected chi connectivity index (χ4v) is 3.23. The van der Waals surface area contributed by atoms with E-state index in [9.17, 15) is 0 Å². The highest BCUT2D eigenvalue weighted by atomic mass is 35.5. The highest BCUT2D eigenvalue weighted by molar-refractivity contribution is 6.30. The maximum absolute atomic E-state index is 6.15. The number of hydrogen-bond donors (Lipinski definition) is 3. The van der Waals surface area contributed by atoms with Gasteiger partial charge in [0.15, 0.2) is 0 Å². The van der Waals surface area contributed by atoms with Crippen molar-refractivity contribution in [3.63, 3.8) is 0 Å². The number of nitrogens with two attached hydrogens (primary N) is 2. The molecule has 1 saturated heterocycles. The molecule has 1 fully saturated rings. The molecule has 0 unspecified atom stereocenters. The lowest BCUT2D eigenvalue weighted by Gasteiger charge is -2.22. The zero-order valence-corrected chi connectivity index (χ0v) is 13.8. The number of rotatable bonds is 4. The standard InChI is InChI=1S/C16H21ClN6/c1-2-20-12-6-7-23(9-12)15-13(14(18)21-16(19)22-15)10-4-3-5-11(17)8-10/h3-5,8,12,20H,2,6-7,9H2,1H3,(H4,18,19,21,22)/t12-/m1/s1. The summed E-state index contributed by atoms with van der Waals surface area (Å²) in [7, 11) is 0. The number of likely N-dealkylation sites (N-methyl/N-ethyl adjacent to an activating group) is 1. The Hall–Kier alpha value is -2.05. The Kier molecular flexibility index (Phi) is 4.54. The Morgan fingerprint density at radius 3 is 2.91 bits per heavy atom. The quantitative estimate of drug-likeness (QED) is 0.794. The molecule has 2 aromatic rings. The van der Waals surface area contributed by atoms with Gasteiger partial charge in [0, 0.05) is 24.2 Å². The van der Waals surface area contributed by atoms with Crippen molar-refractivity contribution in [3.05, 3.63) is 29.3 Å². The summed E-state index contributed by atoms with van der Waals surface area (Å²) in [5, 5.41) is 4.12. The third kappa shape index (κ3) is 3.33. The molecular formula is C16H21ClN6. The smallest absolute Gasteiger partial charge is 0.223 e. The van der Waals surface area contributed by atoms with Crippen LogP contribution in [0.25, 0.3) is 11.1 Å². The van der Waals surface area contributed by atoms with E-state index in [1.54, 1.807) is 0 Å². The minimum Gasteiger partial charge on any atom is -0.383 e. The van der Waals surface area contributed by atoms with Gasteiger partial charge in [0.05, 0.1) is 5.56 Å². The molecule has 1 aliphatic heterocycles. The Balaban J connectivity index is 2.03. The summed E-state index contributed by atoms with van der Waals surface area (Å²) in [5.41, 5.74) is 13.7. The lowest BCUT2D eigenvalue weighted by molar-refractivity contribution is 0.571. The van der Waals surface area contributed by atoms with E-state index < -0.39 is 0 Å². The van der Waals surface area contributed by atoms with Crippen LogP contribution in [0.1, 0.15) is 13.3 Å². The SMILES string of the molecule is CCN[C@@H]1CCN(c2nc(N)nc(N)c2-c2cccc(Cl)c2)C1. The number of benzene rings is 1. The van der Waals surface area contributed by atoms with Crippen molar-refractivity contribution in [2.24, 2.45) is 0 Å². The van der Waals surface area contributed by atoms with E-state index in [1.165, 1.54) is 0 Å². The van der Waals surface area contributed by atoms with Gasteiger partial charge in [0.2, 0.25) is 5.95 Å². The largest absolute Gasteiger partial charge is 0.383 e. The molecule has 0 spiro atoms. The second-order valence-electron chi connectivity index (χ2n) is 5.67. The Labute approximate surface area is 140 Å². The molecule has 2 heterocycles. The third-order valence-electron chi connectivity index (χ3n) is 4.03. The van der Waals surface area contributed by atoms with Gasteiger partial charge in [-0.25, -0.2) is 0 Å². The average Bonchev–Trinajstić information content (AvgIpc) is 2.95. The van der Waals surface area contributed by atoms with Crippen molar-refractivity contribution in [1.82, 2.24) is 15.3 Å². The number of nitrogens with zero attached hydrogens (tertiary/aromatic N) is 3. The molecule has 0 radical (unpaired) electrons. The van der Waals surface area contributed by atoms with Gasteiger partial charge < -0.3 is 21.7 Å². The molecule has 3 rings (SSSR count). The predicted molar refractivity (Wildman–Crippen MR) is 95.6 cm³/mol. The van der Waals surface area contributed by atoms with Crippen molar-refractivity contribution in [2.45, 2.75) is 19.4 Å². The molecule has 0 amide bonds. The second kappa shape index (κ2) is 6.60. The fourth-order valence-electron chi connectivity index (χ4n) is 3.04. The van der Waals surface area contributed by atoms with Gasteiger partial charge in [-0.3, -0.25) is 0 Å². The normalized spacial score (nSPS) is 17.7. The summed E-state index contributed by atoms with van der Waals surface area (Å²) in [4.78, 5) is 10.8. The van der Waals surface area contributed by atoms with Gasteiger partial charge in [0.1, 0.15) is 11.6 Å². The van der Waals surface area contributed by atoms with E-state index in [-0.39, 0.29) is 5.95 Å². The number of nitrogen functional groups attached to an aromatic ring is 2. The molecule has 7 heteroatoms. The monoisotopic (exact) mass is 332 g/mol. The van der Waals surface area contributed by atoms with Crippen LogP contribution in [0, 0.1) is 0 Å². The second-order valence-corrected chi connectivity index (χ2v) is 6.10. The van der Waals surface area contributed by atoms with E-state index in [0.717, 1.165) is 43.0 Å². The maximum atomic E-state index is 6.15. The van der Waals surface area contributed by atoms with Gasteiger partial charge in [-0.05, 0) is 30.7 Å². The minimum atomic E-state index is 0.190. The Bertz CT molecular complexity index is 705. The highest BCUT2D eigenvalue weighted by Gasteiger charge is 2.26. The van der Waals surface area contributed by atoms with Crippen molar-refractivity contribution < 1.29 is 0 Å². The van der Waals surface area contributed by atoms with Crippen LogP contribution in [0.4, 0.5) is 17.6 Å². The first-order chi connectivity index (χ1) is 11.1. The number of hydrogen-bond acceptors (Lipinski definition) is 6. The summed E-state index contributed by atoms with van der Waals surface area (Å²) in [6.07, 6.45) is 1.06. The first kappa shape index (κ1) is 15.8. The van der Waals surface area contributed by atoms with Gasteiger partial charge in [0.25, 0.3) is 0 Å². The van der Waals surface area contributed by atoms with E-state index in [4.69, 9.17) is 23.1 Å². The van der Waals surface area contributed by atoms with Crippen molar-refractivity contribution in [3.8, 4) is 11.1 Å². The van der Waals surface area contributed by atoms with Crippen LogP contribution in [0.2, 0.25) is 5.02 Å². The Morgan fingerprint density at radius 1 is 1.35 bits per heavy atom. The maximum Gasteiger partial charge on any atom is 0.223 e. The topological polar surface area (TPSA) is 93.1 Å². The summed E-state index contributed by atoms with van der Waals surface area (Å²) >= 11 is 6.12. The van der Waals surface area contributed by atoms with Crippen molar-refractivity contribution in [1.29, 1.82) is 0 Å². The number of nitrogens with one attached hydrogen (secondary N) is 1. The van der Waals surface area contributed by atoms with Gasteiger partial charge in [-0.15, -0.1) is 0 Å². The summed E-state index contributed by atoms with van der Waals surface area (Å²) < 4.78 is 0. The van der Waals surface area contributed by atoms with Crippen LogP contribution in [0.15, 0.2) is 24.3 Å². The van der Waals surface area contributed by atoms with Crippen LogP contribution >= 0.6 is 11.6 Å². The molecule has 1 aliphatic rings. The van der Waals surface area contributed by atoms with Crippen LogP contribution in [-0.4, -0.2) is 35.6 Å². The zero-order valence-electron chi connectivity index (χ0n) is 13.1. The van der Waals surface area contributed by atoms with Gasteiger partial charge >= 0.3 is 0 Å². The molecule has 1 atom stereocenters. The van der Waals surface area contributed by atoms with Crippen LogP contribution in [0.5, 0.6) is 0 Å². The van der Waals surface area contributed by atoms with Crippen LogP contribution in [0.3, 0.4) is 0 Å². The van der Waals surface area contributed by atoms with Crippen molar-refractivity contribution >= 4 is 29.2 Å². The molecule has 122 valence electrons. The fraction of sp³-hybridized carbons (Fsp3) is 0.375. The lowest BCUT2D eigenvalue weighted by Crippen LogP contribution is -2.32. The summed E-state index contributed by atoms with van der Waals surface area (Å²) in [6, 6.07) is 8.00. The highest BCUT2D eigenvalue weighted by Crippen LogP contribution is 2.36. The molecule has 0 saturated carbocycles. The zero-order chi connectivity index (χ0) is 16.4. The molecule has 1 aromatic heterocycles. The van der Waals surface area contributed by atoms with Crippen LogP contribution < -0.4 is 21.7 Å². The number of halogens is 1.